The Bertz CT molecular complexity index is 70.9. The molecule has 0 aromatic carbocycles. The van der Waals surface area contributed by atoms with Crippen LogP contribution in [0.5, 0.6) is 0 Å². The molecule has 0 saturated carbocycles. The van der Waals surface area contributed by atoms with Crippen molar-refractivity contribution in [1.29, 1.82) is 0 Å². The number of hydrogen-bond acceptors (Lipinski definition) is 0. The fraction of sp³-hybridized carbons (Fsp3) is 0.800. The minimum atomic E-state index is 0.296. The zero-order valence-electron chi connectivity index (χ0n) is 4.41. The van der Waals surface area contributed by atoms with Gasteiger partial charge in [-0.2, -0.15) is 0 Å². The second-order valence-electron chi connectivity index (χ2n) is 2.35. The molecule has 0 spiro atoms. The molecule has 0 nitrogen and oxygen atoms in total. The standard InChI is InChI=1S/C5H9.Mo/c1-5(2,3)4;/h1-3H3;/q;+1. The van der Waals surface area contributed by atoms with E-state index in [2.05, 4.69) is 25.0 Å². The molecule has 0 aromatic rings. The summed E-state index contributed by atoms with van der Waals surface area (Å²) in [5.41, 5.74) is 0.296. The van der Waals surface area contributed by atoms with Gasteiger partial charge in [0.2, 0.25) is 0 Å². The van der Waals surface area contributed by atoms with E-state index in [0.717, 1.165) is 0 Å². The molecule has 0 aliphatic rings. The van der Waals surface area contributed by atoms with Crippen LogP contribution in [-0.2, 0) is 19.2 Å². The third-order valence-electron chi connectivity index (χ3n) is 0.306. The summed E-state index contributed by atoms with van der Waals surface area (Å²) >= 11 is 1.90. The van der Waals surface area contributed by atoms with Gasteiger partial charge in [-0.05, 0) is 0 Å². The maximum atomic E-state index is 3.11. The van der Waals surface area contributed by atoms with Gasteiger partial charge in [0.25, 0.3) is 0 Å². The molecule has 0 fully saturated rings. The summed E-state index contributed by atoms with van der Waals surface area (Å²) < 4.78 is 3.11. The van der Waals surface area contributed by atoms with Gasteiger partial charge in [0.1, 0.15) is 0 Å². The van der Waals surface area contributed by atoms with Crippen LogP contribution in [-0.4, -0.2) is 0 Å². The van der Waals surface area contributed by atoms with Gasteiger partial charge in [-0.25, -0.2) is 0 Å². The summed E-state index contributed by atoms with van der Waals surface area (Å²) in [6.45, 7) is 6.40. The summed E-state index contributed by atoms with van der Waals surface area (Å²) in [6, 6.07) is 0. The third-order valence-corrected chi connectivity index (χ3v) is 1.81. The predicted octanol–water partition coefficient (Wildman–Crippen LogP) is 1.54. The van der Waals surface area contributed by atoms with Gasteiger partial charge < -0.3 is 0 Å². The van der Waals surface area contributed by atoms with Gasteiger partial charge >= 0.3 is 49.5 Å². The first-order valence-corrected chi connectivity index (χ1v) is 2.96. The average molecular weight is 165 g/mol. The van der Waals surface area contributed by atoms with E-state index in [1.807, 2.05) is 19.2 Å². The van der Waals surface area contributed by atoms with Crippen LogP contribution in [0.3, 0.4) is 0 Å². The third kappa shape index (κ3) is 4.47. The summed E-state index contributed by atoms with van der Waals surface area (Å²) in [7, 11) is 0. The van der Waals surface area contributed by atoms with Crippen LogP contribution in [0, 0.1) is 9.62 Å². The van der Waals surface area contributed by atoms with E-state index in [-0.39, 0.29) is 0 Å². The van der Waals surface area contributed by atoms with E-state index in [0.29, 0.717) is 5.41 Å². The van der Waals surface area contributed by atoms with Crippen molar-refractivity contribution in [2.24, 2.45) is 5.41 Å². The van der Waals surface area contributed by atoms with E-state index < -0.39 is 0 Å². The molecule has 0 heterocycles. The Hall–Kier alpha value is 0.468. The van der Waals surface area contributed by atoms with Crippen molar-refractivity contribution in [2.45, 2.75) is 20.8 Å². The van der Waals surface area contributed by atoms with Crippen LogP contribution < -0.4 is 0 Å². The Morgan fingerprint density at radius 1 is 1.33 bits per heavy atom. The molecule has 6 heavy (non-hydrogen) atoms. The Balaban J connectivity index is 3.55. The van der Waals surface area contributed by atoms with Gasteiger partial charge in [-0.15, -0.1) is 0 Å². The first kappa shape index (κ1) is 6.47. The van der Waals surface area contributed by atoms with Crippen molar-refractivity contribution >= 4 is 0 Å². The SMILES string of the molecule is CC(C)(C)[C]#[Mo+]. The molecule has 0 rings (SSSR count). The molecule has 0 atom stereocenters. The first-order chi connectivity index (χ1) is 2.56. The Morgan fingerprint density at radius 2 is 1.50 bits per heavy atom. The van der Waals surface area contributed by atoms with Crippen molar-refractivity contribution in [3.63, 3.8) is 0 Å². The predicted molar refractivity (Wildman–Crippen MR) is 23.3 cm³/mol. The van der Waals surface area contributed by atoms with Crippen LogP contribution in [0.2, 0.25) is 0 Å². The summed E-state index contributed by atoms with van der Waals surface area (Å²) in [4.78, 5) is 0. The maximum absolute atomic E-state index is 3.11. The summed E-state index contributed by atoms with van der Waals surface area (Å²) in [5.74, 6) is 0. The zero-order chi connectivity index (χ0) is 5.21. The molecule has 0 bridgehead atoms. The molecule has 34 valence electrons. The molecule has 0 aromatic heterocycles. The Kier molecular flexibility index (Phi) is 2.11. The van der Waals surface area contributed by atoms with Gasteiger partial charge in [0.05, 0.1) is 0 Å². The van der Waals surface area contributed by atoms with E-state index in [9.17, 15) is 0 Å². The molecule has 0 unspecified atom stereocenters. The van der Waals surface area contributed by atoms with Crippen LogP contribution in [0.1, 0.15) is 20.8 Å². The number of rotatable bonds is 0. The van der Waals surface area contributed by atoms with Crippen molar-refractivity contribution in [3.8, 4) is 4.20 Å². The summed E-state index contributed by atoms with van der Waals surface area (Å²) in [5, 5.41) is 0. The fourth-order valence-corrected chi connectivity index (χ4v) is 0. The van der Waals surface area contributed by atoms with E-state index in [1.165, 1.54) is 0 Å². The van der Waals surface area contributed by atoms with E-state index in [1.54, 1.807) is 0 Å². The molecular formula is C5H9Mo+. The summed E-state index contributed by atoms with van der Waals surface area (Å²) in [6.07, 6.45) is 0. The molecule has 0 amide bonds. The Morgan fingerprint density at radius 3 is 1.50 bits per heavy atom. The van der Waals surface area contributed by atoms with Crippen molar-refractivity contribution < 1.29 is 19.2 Å². The molecule has 0 aliphatic carbocycles. The molecule has 1 heteroatoms. The molecular weight excluding hydrogens is 156 g/mol. The van der Waals surface area contributed by atoms with E-state index in [4.69, 9.17) is 0 Å². The van der Waals surface area contributed by atoms with Gasteiger partial charge in [0, 0.05) is 0 Å². The van der Waals surface area contributed by atoms with Crippen LogP contribution in [0.25, 0.3) is 0 Å². The van der Waals surface area contributed by atoms with Crippen molar-refractivity contribution in [1.82, 2.24) is 0 Å². The van der Waals surface area contributed by atoms with Gasteiger partial charge in [-0.1, -0.05) is 0 Å². The second-order valence-corrected chi connectivity index (χ2v) is 2.85. The van der Waals surface area contributed by atoms with E-state index >= 15 is 0 Å². The minimum absolute atomic E-state index is 0.296. The van der Waals surface area contributed by atoms with Gasteiger partial charge in [-0.3, -0.25) is 0 Å². The zero-order valence-corrected chi connectivity index (χ0v) is 6.42. The van der Waals surface area contributed by atoms with Gasteiger partial charge in [0.15, 0.2) is 0 Å². The van der Waals surface area contributed by atoms with Crippen LogP contribution in [0.15, 0.2) is 0 Å². The number of hydrogen-bond donors (Lipinski definition) is 0. The van der Waals surface area contributed by atoms with Crippen molar-refractivity contribution in [2.75, 3.05) is 0 Å². The normalized spacial score (nSPS) is 10.3. The Labute approximate surface area is 50.0 Å². The fourth-order valence-electron chi connectivity index (χ4n) is 0. The quantitative estimate of drug-likeness (QED) is 0.477. The van der Waals surface area contributed by atoms with Crippen LogP contribution in [0.4, 0.5) is 0 Å². The molecule has 0 radical (unpaired) electrons. The van der Waals surface area contributed by atoms with Crippen molar-refractivity contribution in [3.05, 3.63) is 0 Å². The van der Waals surface area contributed by atoms with Crippen LogP contribution >= 0.6 is 0 Å². The molecule has 0 N–H and O–H groups in total. The first-order valence-electron chi connectivity index (χ1n) is 1.95. The average Bonchev–Trinajstić information content (AvgIpc) is 1.35. The topological polar surface area (TPSA) is 0 Å². The monoisotopic (exact) mass is 167 g/mol. The molecule has 0 saturated heterocycles. The second kappa shape index (κ2) is 1.96. The molecule has 0 aliphatic heterocycles.